The van der Waals surface area contributed by atoms with E-state index in [9.17, 15) is 4.79 Å². The first-order valence-electron chi connectivity index (χ1n) is 2.28. The smallest absolute Gasteiger partial charge is 0.329 e. The molecule has 0 amide bonds. The maximum atomic E-state index is 10.3. The highest BCUT2D eigenvalue weighted by molar-refractivity contribution is 5.71. The van der Waals surface area contributed by atoms with Gasteiger partial charge in [-0.25, -0.2) is 4.79 Å². The van der Waals surface area contributed by atoms with Crippen LogP contribution in [0.2, 0.25) is 0 Å². The van der Waals surface area contributed by atoms with Crippen LogP contribution in [0.5, 0.6) is 0 Å². The molecular weight excluding hydrogens is 124 g/mol. The molecule has 9 heavy (non-hydrogen) atoms. The summed E-state index contributed by atoms with van der Waals surface area (Å²) in [4.78, 5) is 14.4. The molecule has 0 rings (SSSR count). The number of hydrogen-bond acceptors (Lipinski definition) is 5. The van der Waals surface area contributed by atoms with Crippen LogP contribution in [0.1, 0.15) is 0 Å². The highest BCUT2D eigenvalue weighted by Crippen LogP contribution is 1.78. The van der Waals surface area contributed by atoms with Crippen LogP contribution < -0.4 is 0 Å². The Bertz CT molecular complexity index is 112. The summed E-state index contributed by atoms with van der Waals surface area (Å²) >= 11 is 0. The second-order valence-corrected chi connectivity index (χ2v) is 1.14. The van der Waals surface area contributed by atoms with Crippen molar-refractivity contribution in [2.24, 2.45) is 10.4 Å². The molecule has 0 N–H and O–H groups in total. The van der Waals surface area contributed by atoms with Gasteiger partial charge in [0.25, 0.3) is 0 Å². The Balaban J connectivity index is 3.26. The molecule has 0 aliphatic rings. The molecule has 0 aromatic carbocycles. The van der Waals surface area contributed by atoms with Gasteiger partial charge in [-0.1, -0.05) is 0 Å². The minimum Gasteiger partial charge on any atom is -0.468 e. The lowest BCUT2D eigenvalue weighted by molar-refractivity contribution is -0.139. The van der Waals surface area contributed by atoms with Crippen molar-refractivity contribution in [3.05, 3.63) is 0 Å². The number of carbonyl (C=O) groups is 1. The fourth-order valence-corrected chi connectivity index (χ4v) is 0.209. The van der Waals surface area contributed by atoms with Crippen molar-refractivity contribution < 1.29 is 14.4 Å². The predicted octanol–water partition coefficient (Wildman–Crippen LogP) is 0.173. The quantitative estimate of drug-likeness (QED) is 0.312. The maximum Gasteiger partial charge on any atom is 0.329 e. The van der Waals surface area contributed by atoms with E-state index in [2.05, 4.69) is 20.0 Å². The largest absolute Gasteiger partial charge is 0.468 e. The molecule has 0 bridgehead atoms. The molecule has 0 aliphatic carbocycles. The molecule has 5 heteroatoms. The van der Waals surface area contributed by atoms with Crippen LogP contribution in [0.4, 0.5) is 0 Å². The fraction of sp³-hybridized carbons (Fsp3) is 0.750. The van der Waals surface area contributed by atoms with Crippen molar-refractivity contribution in [1.29, 1.82) is 0 Å². The van der Waals surface area contributed by atoms with E-state index < -0.39 is 5.97 Å². The zero-order chi connectivity index (χ0) is 7.11. The lowest BCUT2D eigenvalue weighted by Gasteiger charge is -1.89. The van der Waals surface area contributed by atoms with E-state index in [1.807, 2.05) is 0 Å². The third kappa shape index (κ3) is 4.73. The van der Waals surface area contributed by atoms with Gasteiger partial charge in [0.2, 0.25) is 0 Å². The molecule has 0 heterocycles. The molecule has 0 aliphatic heterocycles. The van der Waals surface area contributed by atoms with E-state index >= 15 is 0 Å². The molecule has 0 aromatic rings. The lowest BCUT2D eigenvalue weighted by Crippen LogP contribution is -2.03. The summed E-state index contributed by atoms with van der Waals surface area (Å²) < 4.78 is 4.25. The summed E-state index contributed by atoms with van der Waals surface area (Å²) in [5.41, 5.74) is 0. The van der Waals surface area contributed by atoms with Crippen LogP contribution in [0.3, 0.4) is 0 Å². The minimum absolute atomic E-state index is 0.0929. The summed E-state index contributed by atoms with van der Waals surface area (Å²) in [6.07, 6.45) is 0. The Morgan fingerprint density at radius 3 is 2.67 bits per heavy atom. The molecular formula is C4H8N2O3. The van der Waals surface area contributed by atoms with Crippen LogP contribution in [0.15, 0.2) is 10.4 Å². The first-order chi connectivity index (χ1) is 4.31. The van der Waals surface area contributed by atoms with Gasteiger partial charge in [-0.3, -0.25) is 0 Å². The van der Waals surface area contributed by atoms with Gasteiger partial charge in [-0.15, -0.1) is 5.11 Å². The van der Waals surface area contributed by atoms with Gasteiger partial charge >= 0.3 is 5.97 Å². The Hall–Kier alpha value is -1.13. The highest BCUT2D eigenvalue weighted by Gasteiger charge is 1.94. The van der Waals surface area contributed by atoms with E-state index in [0.717, 1.165) is 0 Å². The van der Waals surface area contributed by atoms with Crippen molar-refractivity contribution in [2.45, 2.75) is 0 Å². The fourth-order valence-electron chi connectivity index (χ4n) is 0.209. The SMILES string of the molecule is CON=NCC(=O)OC. The Kier molecular flexibility index (Phi) is 4.39. The molecule has 0 saturated heterocycles. The number of ether oxygens (including phenoxy) is 1. The van der Waals surface area contributed by atoms with Gasteiger partial charge in [-0.2, -0.15) is 0 Å². The second-order valence-electron chi connectivity index (χ2n) is 1.14. The average molecular weight is 132 g/mol. The van der Waals surface area contributed by atoms with Gasteiger partial charge in [0.05, 0.1) is 7.11 Å². The van der Waals surface area contributed by atoms with E-state index in [-0.39, 0.29) is 6.54 Å². The monoisotopic (exact) mass is 132 g/mol. The number of hydrogen-bond donors (Lipinski definition) is 0. The van der Waals surface area contributed by atoms with Crippen molar-refractivity contribution in [1.82, 2.24) is 0 Å². The van der Waals surface area contributed by atoms with E-state index in [0.29, 0.717) is 0 Å². The summed E-state index contributed by atoms with van der Waals surface area (Å²) in [5, 5.41) is 6.37. The zero-order valence-corrected chi connectivity index (χ0v) is 5.33. The van der Waals surface area contributed by atoms with Crippen LogP contribution in [0, 0.1) is 0 Å². The van der Waals surface area contributed by atoms with Crippen LogP contribution in [-0.2, 0) is 14.4 Å². The van der Waals surface area contributed by atoms with Gasteiger partial charge in [-0.05, 0) is 0 Å². The van der Waals surface area contributed by atoms with E-state index in [4.69, 9.17) is 0 Å². The first kappa shape index (κ1) is 7.87. The van der Waals surface area contributed by atoms with Crippen molar-refractivity contribution in [2.75, 3.05) is 20.8 Å². The first-order valence-corrected chi connectivity index (χ1v) is 2.28. The van der Waals surface area contributed by atoms with Gasteiger partial charge < -0.3 is 9.57 Å². The summed E-state index contributed by atoms with van der Waals surface area (Å²) in [7, 11) is 2.63. The predicted molar refractivity (Wildman–Crippen MR) is 28.7 cm³/mol. The molecule has 0 radical (unpaired) electrons. The number of nitrogens with zero attached hydrogens (tertiary/aromatic N) is 2. The summed E-state index contributed by atoms with van der Waals surface area (Å²) in [6.45, 7) is -0.0929. The van der Waals surface area contributed by atoms with Crippen molar-refractivity contribution in [3.63, 3.8) is 0 Å². The topological polar surface area (TPSA) is 60.2 Å². The zero-order valence-electron chi connectivity index (χ0n) is 5.33. The molecule has 52 valence electrons. The minimum atomic E-state index is -0.434. The standard InChI is InChI=1S/C4H8N2O3/c1-8-4(7)3-5-6-9-2/h3H2,1-2H3. The normalized spacial score (nSPS) is 9.56. The molecule has 0 fully saturated rings. The van der Waals surface area contributed by atoms with Gasteiger partial charge in [0.15, 0.2) is 6.54 Å². The molecule has 0 saturated carbocycles. The Morgan fingerprint density at radius 1 is 1.56 bits per heavy atom. The number of rotatable bonds is 3. The molecule has 0 aromatic heterocycles. The van der Waals surface area contributed by atoms with Crippen molar-refractivity contribution in [3.8, 4) is 0 Å². The molecule has 0 atom stereocenters. The van der Waals surface area contributed by atoms with Crippen LogP contribution in [0.25, 0.3) is 0 Å². The number of carbonyl (C=O) groups excluding carboxylic acids is 1. The highest BCUT2D eigenvalue weighted by atomic mass is 16.6. The summed E-state index contributed by atoms with van der Waals surface area (Å²) in [6, 6.07) is 0. The molecule has 5 nitrogen and oxygen atoms in total. The third-order valence-electron chi connectivity index (χ3n) is 0.567. The van der Waals surface area contributed by atoms with E-state index in [1.54, 1.807) is 0 Å². The lowest BCUT2D eigenvalue weighted by atomic mass is 10.7. The maximum absolute atomic E-state index is 10.3. The van der Waals surface area contributed by atoms with E-state index in [1.165, 1.54) is 14.2 Å². The second kappa shape index (κ2) is 5.02. The Morgan fingerprint density at radius 2 is 2.22 bits per heavy atom. The average Bonchev–Trinajstić information content (AvgIpc) is 1.89. The molecule has 0 spiro atoms. The van der Waals surface area contributed by atoms with Gasteiger partial charge in [0, 0.05) is 5.28 Å². The van der Waals surface area contributed by atoms with Crippen LogP contribution >= 0.6 is 0 Å². The third-order valence-corrected chi connectivity index (χ3v) is 0.567. The molecule has 0 unspecified atom stereocenters. The van der Waals surface area contributed by atoms with Crippen LogP contribution in [-0.4, -0.2) is 26.7 Å². The van der Waals surface area contributed by atoms with Crippen molar-refractivity contribution >= 4 is 5.97 Å². The van der Waals surface area contributed by atoms with Gasteiger partial charge in [0.1, 0.15) is 7.11 Å². The Labute approximate surface area is 52.6 Å². The number of methoxy groups -OCH3 is 1. The number of esters is 1. The summed E-state index contributed by atoms with van der Waals surface area (Å²) in [5.74, 6) is -0.434.